The summed E-state index contributed by atoms with van der Waals surface area (Å²) in [6.45, 7) is 2.07. The molecule has 0 amide bonds. The van der Waals surface area contributed by atoms with Crippen molar-refractivity contribution in [2.24, 2.45) is 0 Å². The summed E-state index contributed by atoms with van der Waals surface area (Å²) < 4.78 is 15.8. The molecule has 3 unspecified atom stereocenters. The van der Waals surface area contributed by atoms with Gasteiger partial charge in [-0.25, -0.2) is 0 Å². The highest BCUT2D eigenvalue weighted by atomic mass is 16.6. The Labute approximate surface area is 75.8 Å². The Morgan fingerprint density at radius 3 is 1.92 bits per heavy atom. The first-order chi connectivity index (χ1) is 5.71. The van der Waals surface area contributed by atoms with Crippen molar-refractivity contribution < 1.29 is 14.2 Å². The van der Waals surface area contributed by atoms with Gasteiger partial charge in [0.1, 0.15) is 14.0 Å². The van der Waals surface area contributed by atoms with Crippen molar-refractivity contribution in [3.05, 3.63) is 0 Å². The molecule has 0 aromatic carbocycles. The first-order valence-electron chi connectivity index (χ1n) is 4.29. The molecule has 3 nitrogen and oxygen atoms in total. The van der Waals surface area contributed by atoms with E-state index < -0.39 is 0 Å². The average Bonchev–Trinajstić information content (AvgIpc) is 2.12. The minimum Gasteiger partial charge on any atom is -0.388 e. The third kappa shape index (κ3) is 3.13. The molecule has 72 valence electrons. The van der Waals surface area contributed by atoms with Gasteiger partial charge >= 0.3 is 0 Å². The fraction of sp³-hybridized carbons (Fsp3) is 1.00. The standard InChI is InChI=1S/C8H19BO3/c1-5-6(10-2)7(11-3)8(9)12-4/h6-8H,5,9H2,1-4H3. The first-order valence-corrected chi connectivity index (χ1v) is 4.29. The minimum atomic E-state index is 0.0185. The quantitative estimate of drug-likeness (QED) is 0.532. The van der Waals surface area contributed by atoms with Crippen LogP contribution in [-0.2, 0) is 14.2 Å². The van der Waals surface area contributed by atoms with E-state index in [0.717, 1.165) is 6.42 Å². The Morgan fingerprint density at radius 2 is 1.67 bits per heavy atom. The number of ether oxygens (including phenoxy) is 3. The van der Waals surface area contributed by atoms with Crippen LogP contribution in [0.1, 0.15) is 13.3 Å². The van der Waals surface area contributed by atoms with Crippen molar-refractivity contribution in [2.45, 2.75) is 31.6 Å². The van der Waals surface area contributed by atoms with E-state index in [9.17, 15) is 0 Å². The molecular weight excluding hydrogens is 155 g/mol. The molecule has 0 rings (SSSR count). The molecule has 0 spiro atoms. The van der Waals surface area contributed by atoms with Crippen LogP contribution in [0.5, 0.6) is 0 Å². The average molecular weight is 174 g/mol. The van der Waals surface area contributed by atoms with Gasteiger partial charge in [-0.2, -0.15) is 0 Å². The molecule has 0 aliphatic rings. The highest BCUT2D eigenvalue weighted by molar-refractivity contribution is 6.11. The van der Waals surface area contributed by atoms with Gasteiger partial charge in [-0.3, -0.25) is 0 Å². The highest BCUT2D eigenvalue weighted by Gasteiger charge is 2.24. The fourth-order valence-electron chi connectivity index (χ4n) is 1.31. The number of hydrogen-bond donors (Lipinski definition) is 0. The van der Waals surface area contributed by atoms with Crippen LogP contribution in [0.15, 0.2) is 0 Å². The topological polar surface area (TPSA) is 27.7 Å². The monoisotopic (exact) mass is 174 g/mol. The maximum atomic E-state index is 5.30. The summed E-state index contributed by atoms with van der Waals surface area (Å²) in [5.74, 6) is 0. The molecule has 0 aliphatic carbocycles. The molecule has 0 fully saturated rings. The third-order valence-corrected chi connectivity index (χ3v) is 2.18. The summed E-state index contributed by atoms with van der Waals surface area (Å²) in [4.78, 5) is 0. The first kappa shape index (κ1) is 11.9. The van der Waals surface area contributed by atoms with Crippen LogP contribution < -0.4 is 0 Å². The third-order valence-electron chi connectivity index (χ3n) is 2.18. The Balaban J connectivity index is 4.09. The molecule has 12 heavy (non-hydrogen) atoms. The smallest absolute Gasteiger partial charge is 0.142 e. The van der Waals surface area contributed by atoms with Crippen molar-refractivity contribution in [3.63, 3.8) is 0 Å². The van der Waals surface area contributed by atoms with Crippen molar-refractivity contribution in [1.82, 2.24) is 0 Å². The molecule has 0 bridgehead atoms. The second-order valence-electron chi connectivity index (χ2n) is 2.82. The summed E-state index contributed by atoms with van der Waals surface area (Å²) in [7, 11) is 7.04. The van der Waals surface area contributed by atoms with E-state index in [1.54, 1.807) is 21.3 Å². The van der Waals surface area contributed by atoms with E-state index in [1.807, 2.05) is 7.85 Å². The predicted octanol–water partition coefficient (Wildman–Crippen LogP) is 0.0320. The predicted molar refractivity (Wildman–Crippen MR) is 51.2 cm³/mol. The van der Waals surface area contributed by atoms with Gasteiger partial charge in [-0.05, 0) is 6.42 Å². The summed E-state index contributed by atoms with van der Waals surface area (Å²) in [5, 5.41) is 0. The van der Waals surface area contributed by atoms with E-state index in [0.29, 0.717) is 0 Å². The highest BCUT2D eigenvalue weighted by Crippen LogP contribution is 2.10. The maximum absolute atomic E-state index is 5.30. The van der Waals surface area contributed by atoms with E-state index in [2.05, 4.69) is 6.92 Å². The van der Waals surface area contributed by atoms with Crippen molar-refractivity contribution in [3.8, 4) is 0 Å². The lowest BCUT2D eigenvalue weighted by atomic mass is 9.90. The van der Waals surface area contributed by atoms with Gasteiger partial charge in [-0.1, -0.05) is 6.92 Å². The van der Waals surface area contributed by atoms with Crippen LogP contribution >= 0.6 is 0 Å². The normalized spacial score (nSPS) is 18.7. The van der Waals surface area contributed by atoms with Crippen molar-refractivity contribution in [1.29, 1.82) is 0 Å². The van der Waals surface area contributed by atoms with Crippen LogP contribution in [0.3, 0.4) is 0 Å². The lowest BCUT2D eigenvalue weighted by Crippen LogP contribution is -2.41. The molecule has 4 heteroatoms. The zero-order valence-corrected chi connectivity index (χ0v) is 8.66. The SMILES string of the molecule is BC(OC)C(OC)C(CC)OC. The van der Waals surface area contributed by atoms with Crippen LogP contribution in [0.2, 0.25) is 0 Å². The summed E-state index contributed by atoms with van der Waals surface area (Å²) in [5.41, 5.74) is 0. The second-order valence-corrected chi connectivity index (χ2v) is 2.82. The van der Waals surface area contributed by atoms with Gasteiger partial charge in [0, 0.05) is 21.3 Å². The van der Waals surface area contributed by atoms with Crippen molar-refractivity contribution in [2.75, 3.05) is 21.3 Å². The summed E-state index contributed by atoms with van der Waals surface area (Å²) in [6, 6.07) is 0.0694. The molecule has 0 radical (unpaired) electrons. The number of methoxy groups -OCH3 is 3. The summed E-state index contributed by atoms with van der Waals surface area (Å²) in [6.07, 6.45) is 1.07. The lowest BCUT2D eigenvalue weighted by Gasteiger charge is -2.28. The second kappa shape index (κ2) is 6.46. The Kier molecular flexibility index (Phi) is 6.43. The Bertz CT molecular complexity index is 106. The maximum Gasteiger partial charge on any atom is 0.142 e. The molecule has 0 aromatic heterocycles. The van der Waals surface area contributed by atoms with Gasteiger partial charge in [0.05, 0.1) is 12.1 Å². The largest absolute Gasteiger partial charge is 0.388 e. The summed E-state index contributed by atoms with van der Waals surface area (Å²) >= 11 is 0. The minimum absolute atomic E-state index is 0.0185. The molecule has 0 aliphatic heterocycles. The van der Waals surface area contributed by atoms with Gasteiger partial charge in [-0.15, -0.1) is 0 Å². The number of rotatable bonds is 6. The van der Waals surface area contributed by atoms with Gasteiger partial charge in [0.25, 0.3) is 0 Å². The zero-order chi connectivity index (χ0) is 9.56. The van der Waals surface area contributed by atoms with Crippen LogP contribution in [0, 0.1) is 0 Å². The zero-order valence-electron chi connectivity index (χ0n) is 8.66. The molecule has 0 saturated carbocycles. The molecule has 3 atom stereocenters. The number of hydrogen-bond acceptors (Lipinski definition) is 3. The van der Waals surface area contributed by atoms with E-state index in [4.69, 9.17) is 14.2 Å². The molecule has 0 saturated heterocycles. The lowest BCUT2D eigenvalue weighted by molar-refractivity contribution is -0.0823. The van der Waals surface area contributed by atoms with Crippen LogP contribution in [0.4, 0.5) is 0 Å². The Hall–Kier alpha value is -0.0551. The van der Waals surface area contributed by atoms with E-state index >= 15 is 0 Å². The van der Waals surface area contributed by atoms with Gasteiger partial charge in [0.2, 0.25) is 0 Å². The van der Waals surface area contributed by atoms with Crippen LogP contribution in [-0.4, -0.2) is 47.4 Å². The van der Waals surface area contributed by atoms with Gasteiger partial charge in [0.15, 0.2) is 0 Å². The molecule has 0 aromatic rings. The molecular formula is C8H19BO3. The van der Waals surface area contributed by atoms with Crippen molar-refractivity contribution >= 4 is 7.85 Å². The van der Waals surface area contributed by atoms with Crippen LogP contribution in [0.25, 0.3) is 0 Å². The van der Waals surface area contributed by atoms with Gasteiger partial charge < -0.3 is 14.2 Å². The fourth-order valence-corrected chi connectivity index (χ4v) is 1.31. The van der Waals surface area contributed by atoms with E-state index in [1.165, 1.54) is 0 Å². The Morgan fingerprint density at radius 1 is 1.08 bits per heavy atom. The molecule has 0 N–H and O–H groups in total. The van der Waals surface area contributed by atoms with E-state index in [-0.39, 0.29) is 18.2 Å². The molecule has 0 heterocycles.